The van der Waals surface area contributed by atoms with Crippen LogP contribution in [0.15, 0.2) is 40.9 Å². The van der Waals surface area contributed by atoms with E-state index in [4.69, 9.17) is 15.2 Å². The van der Waals surface area contributed by atoms with Gasteiger partial charge < -0.3 is 20.1 Å². The van der Waals surface area contributed by atoms with Crippen LogP contribution in [0.1, 0.15) is 40.5 Å². The number of carbonyl (C=O) groups excluding carboxylic acids is 2. The van der Waals surface area contributed by atoms with Gasteiger partial charge in [-0.2, -0.15) is 0 Å². The quantitative estimate of drug-likeness (QED) is 0.583. The topological polar surface area (TPSA) is 116 Å². The Labute approximate surface area is 189 Å². The third-order valence-electron chi connectivity index (χ3n) is 5.01. The van der Waals surface area contributed by atoms with Gasteiger partial charge in [0.2, 0.25) is 5.91 Å². The maximum absolute atomic E-state index is 13.3. The van der Waals surface area contributed by atoms with Gasteiger partial charge in [0.1, 0.15) is 15.9 Å². The summed E-state index contributed by atoms with van der Waals surface area (Å²) in [4.78, 5) is 27.0. The second-order valence-electron chi connectivity index (χ2n) is 7.17. The normalized spacial score (nSPS) is 16.7. The van der Waals surface area contributed by atoms with Crippen molar-refractivity contribution in [1.29, 1.82) is 0 Å². The largest absolute Gasteiger partial charge is 0.493 e. The van der Waals surface area contributed by atoms with Gasteiger partial charge in [-0.25, -0.2) is 8.42 Å². The van der Waals surface area contributed by atoms with Crippen LogP contribution in [0.5, 0.6) is 11.5 Å². The summed E-state index contributed by atoms with van der Waals surface area (Å²) in [5.41, 5.74) is 6.90. The van der Waals surface area contributed by atoms with E-state index < -0.39 is 39.5 Å². The highest BCUT2D eigenvalue weighted by Gasteiger charge is 2.46. The standard InChI is InChI=1S/C21H23BrN2O6S/c1-4-30-17-10-12(8-9-16(17)29-2)15(11-31(3,27)28)24-19(20(23)25)18-13(21(24)26)6-5-7-14(18)22/h5-10,15,19H,4,11H2,1-3H3,(H2,23,25). The van der Waals surface area contributed by atoms with Crippen LogP contribution in [0.25, 0.3) is 0 Å². The zero-order valence-corrected chi connectivity index (χ0v) is 19.7. The van der Waals surface area contributed by atoms with E-state index in [0.29, 0.717) is 39.3 Å². The monoisotopic (exact) mass is 510 g/mol. The summed E-state index contributed by atoms with van der Waals surface area (Å²) < 4.78 is 36.1. The van der Waals surface area contributed by atoms with E-state index in [1.807, 2.05) is 0 Å². The van der Waals surface area contributed by atoms with E-state index in [2.05, 4.69) is 15.9 Å². The molecule has 0 saturated carbocycles. The number of methoxy groups -OCH3 is 1. The number of ether oxygens (including phenoxy) is 2. The first kappa shape index (κ1) is 23.1. The molecule has 1 aliphatic heterocycles. The molecule has 2 aromatic carbocycles. The first-order chi connectivity index (χ1) is 14.6. The fourth-order valence-electron chi connectivity index (χ4n) is 3.79. The van der Waals surface area contributed by atoms with E-state index >= 15 is 0 Å². The van der Waals surface area contributed by atoms with Crippen molar-refractivity contribution in [3.63, 3.8) is 0 Å². The number of benzene rings is 2. The molecule has 2 N–H and O–H groups in total. The van der Waals surface area contributed by atoms with E-state index in [1.165, 1.54) is 12.0 Å². The Morgan fingerprint density at radius 3 is 2.55 bits per heavy atom. The maximum Gasteiger partial charge on any atom is 0.255 e. The molecule has 31 heavy (non-hydrogen) atoms. The van der Waals surface area contributed by atoms with Crippen LogP contribution in [0.4, 0.5) is 0 Å². The van der Waals surface area contributed by atoms with Gasteiger partial charge in [0.15, 0.2) is 11.5 Å². The minimum absolute atomic E-state index is 0.301. The SMILES string of the molecule is CCOc1cc(C(CS(C)(=O)=O)N2C(=O)c3cccc(Br)c3C2C(N)=O)ccc1OC. The van der Waals surface area contributed by atoms with Crippen molar-refractivity contribution >= 4 is 37.6 Å². The van der Waals surface area contributed by atoms with Gasteiger partial charge in [-0.3, -0.25) is 9.59 Å². The molecule has 0 aliphatic carbocycles. The van der Waals surface area contributed by atoms with Crippen LogP contribution in [-0.4, -0.2) is 50.9 Å². The van der Waals surface area contributed by atoms with Gasteiger partial charge in [-0.05, 0) is 36.8 Å². The first-order valence-corrected chi connectivity index (χ1v) is 12.3. The van der Waals surface area contributed by atoms with Gasteiger partial charge in [-0.1, -0.05) is 28.1 Å². The molecule has 0 bridgehead atoms. The lowest BCUT2D eigenvalue weighted by Gasteiger charge is -2.32. The van der Waals surface area contributed by atoms with Gasteiger partial charge in [0, 0.05) is 21.9 Å². The number of fused-ring (bicyclic) bond motifs is 1. The molecule has 0 saturated heterocycles. The van der Waals surface area contributed by atoms with Crippen molar-refractivity contribution in [2.75, 3.05) is 25.7 Å². The minimum Gasteiger partial charge on any atom is -0.493 e. The number of hydrogen-bond donors (Lipinski definition) is 1. The zero-order valence-electron chi connectivity index (χ0n) is 17.3. The predicted octanol–water partition coefficient (Wildman–Crippen LogP) is 2.62. The zero-order chi connectivity index (χ0) is 22.9. The summed E-state index contributed by atoms with van der Waals surface area (Å²) in [5, 5.41) is 0. The average Bonchev–Trinajstić information content (AvgIpc) is 3.00. The maximum atomic E-state index is 13.3. The number of nitrogens with zero attached hydrogens (tertiary/aromatic N) is 1. The molecule has 1 aliphatic rings. The molecule has 166 valence electrons. The highest BCUT2D eigenvalue weighted by atomic mass is 79.9. The number of sulfone groups is 1. The van der Waals surface area contributed by atoms with Gasteiger partial charge >= 0.3 is 0 Å². The Morgan fingerprint density at radius 1 is 1.26 bits per heavy atom. The number of rotatable bonds is 8. The highest BCUT2D eigenvalue weighted by Crippen LogP contribution is 2.44. The molecule has 3 rings (SSSR count). The summed E-state index contributed by atoms with van der Waals surface area (Å²) in [6.45, 7) is 2.17. The molecule has 0 fully saturated rings. The van der Waals surface area contributed by atoms with Crippen LogP contribution in [0.3, 0.4) is 0 Å². The summed E-state index contributed by atoms with van der Waals surface area (Å²) in [6.07, 6.45) is 1.08. The molecular formula is C21H23BrN2O6S. The van der Waals surface area contributed by atoms with Gasteiger partial charge in [-0.15, -0.1) is 0 Å². The van der Waals surface area contributed by atoms with Gasteiger partial charge in [0.05, 0.1) is 25.5 Å². The number of primary amides is 1. The van der Waals surface area contributed by atoms with Crippen LogP contribution in [0.2, 0.25) is 0 Å². The second kappa shape index (κ2) is 8.88. The first-order valence-electron chi connectivity index (χ1n) is 9.47. The average molecular weight is 511 g/mol. The molecule has 2 unspecified atom stereocenters. The molecular weight excluding hydrogens is 488 g/mol. The Morgan fingerprint density at radius 2 is 1.97 bits per heavy atom. The molecule has 0 aromatic heterocycles. The third-order valence-corrected chi connectivity index (χ3v) is 6.62. The molecule has 2 amide bonds. The van der Waals surface area contributed by atoms with Gasteiger partial charge in [0.25, 0.3) is 5.91 Å². The lowest BCUT2D eigenvalue weighted by Crippen LogP contribution is -2.41. The number of halogens is 1. The molecule has 0 spiro atoms. The molecule has 8 nitrogen and oxygen atoms in total. The van der Waals surface area contributed by atoms with E-state index in [-0.39, 0.29) is 0 Å². The Bertz CT molecular complexity index is 1130. The van der Waals surface area contributed by atoms with Crippen LogP contribution in [-0.2, 0) is 14.6 Å². The molecule has 2 atom stereocenters. The smallest absolute Gasteiger partial charge is 0.255 e. The lowest BCUT2D eigenvalue weighted by atomic mass is 10.0. The van der Waals surface area contributed by atoms with Crippen molar-refractivity contribution < 1.29 is 27.5 Å². The molecule has 2 aromatic rings. The number of nitrogens with two attached hydrogens (primary N) is 1. The van der Waals surface area contributed by atoms with Crippen molar-refractivity contribution in [3.8, 4) is 11.5 Å². The lowest BCUT2D eigenvalue weighted by molar-refractivity contribution is -0.123. The molecule has 0 radical (unpaired) electrons. The van der Waals surface area contributed by atoms with Crippen LogP contribution in [0, 0.1) is 0 Å². The van der Waals surface area contributed by atoms with Crippen molar-refractivity contribution in [1.82, 2.24) is 4.90 Å². The Hall–Kier alpha value is -2.59. The van der Waals surface area contributed by atoms with Crippen molar-refractivity contribution in [3.05, 3.63) is 57.6 Å². The minimum atomic E-state index is -3.55. The van der Waals surface area contributed by atoms with Crippen molar-refractivity contribution in [2.24, 2.45) is 5.73 Å². The number of hydrogen-bond acceptors (Lipinski definition) is 6. The Balaban J connectivity index is 2.20. The fraction of sp³-hybridized carbons (Fsp3) is 0.333. The summed E-state index contributed by atoms with van der Waals surface area (Å²) in [5.74, 6) is -0.749. The molecule has 1 heterocycles. The van der Waals surface area contributed by atoms with E-state index in [0.717, 1.165) is 6.26 Å². The predicted molar refractivity (Wildman–Crippen MR) is 119 cm³/mol. The van der Waals surface area contributed by atoms with E-state index in [9.17, 15) is 18.0 Å². The van der Waals surface area contributed by atoms with E-state index in [1.54, 1.807) is 43.3 Å². The second-order valence-corrected chi connectivity index (χ2v) is 10.2. The van der Waals surface area contributed by atoms with Crippen LogP contribution < -0.4 is 15.2 Å². The molecule has 10 heteroatoms. The van der Waals surface area contributed by atoms with Crippen molar-refractivity contribution in [2.45, 2.75) is 19.0 Å². The highest BCUT2D eigenvalue weighted by molar-refractivity contribution is 9.10. The fourth-order valence-corrected chi connectivity index (χ4v) is 5.30. The summed E-state index contributed by atoms with van der Waals surface area (Å²) in [7, 11) is -2.06. The summed E-state index contributed by atoms with van der Waals surface area (Å²) in [6, 6.07) is 7.80. The third kappa shape index (κ3) is 4.54. The number of carbonyl (C=O) groups is 2. The number of amides is 2. The Kier molecular flexibility index (Phi) is 6.61. The summed E-state index contributed by atoms with van der Waals surface area (Å²) >= 11 is 3.39. The van der Waals surface area contributed by atoms with Crippen LogP contribution >= 0.6 is 15.9 Å².